The lowest BCUT2D eigenvalue weighted by Crippen LogP contribution is -2.08. The van der Waals surface area contributed by atoms with Crippen LogP contribution in [0.15, 0.2) is 55.1 Å². The Hall–Kier alpha value is -3.41. The van der Waals surface area contributed by atoms with Crippen LogP contribution in [0.3, 0.4) is 0 Å². The second kappa shape index (κ2) is 7.65. The van der Waals surface area contributed by atoms with Crippen LogP contribution in [0.2, 0.25) is 0 Å². The van der Waals surface area contributed by atoms with Crippen molar-refractivity contribution in [3.63, 3.8) is 0 Å². The lowest BCUT2D eigenvalue weighted by Gasteiger charge is -2.06. The minimum Gasteiger partial charge on any atom is -0.497 e. The number of benzene rings is 2. The quantitative estimate of drug-likeness (QED) is 0.636. The summed E-state index contributed by atoms with van der Waals surface area (Å²) in [5.74, 6) is 0.240. The zero-order valence-electron chi connectivity index (χ0n) is 14.7. The Morgan fingerprint density at radius 3 is 2.46 bits per heavy atom. The predicted octanol–water partition coefficient (Wildman–Crippen LogP) is 3.58. The molecule has 0 aliphatic carbocycles. The highest BCUT2D eigenvalue weighted by Crippen LogP contribution is 2.17. The summed E-state index contributed by atoms with van der Waals surface area (Å²) in [6.07, 6.45) is 1.76. The number of nitrogens with zero attached hydrogens (tertiary/aromatic N) is 3. The number of carbonyl (C=O) groups excluding carboxylic acids is 1. The van der Waals surface area contributed by atoms with E-state index in [9.17, 15) is 4.79 Å². The molecule has 0 spiro atoms. The molecule has 0 radical (unpaired) electrons. The van der Waals surface area contributed by atoms with E-state index in [2.05, 4.69) is 16.9 Å². The molecule has 0 aliphatic heterocycles. The predicted molar refractivity (Wildman–Crippen MR) is 98.3 cm³/mol. The van der Waals surface area contributed by atoms with E-state index in [0.717, 1.165) is 22.6 Å². The zero-order chi connectivity index (χ0) is 18.5. The third-order valence-electron chi connectivity index (χ3n) is 3.99. The molecule has 0 N–H and O–H groups in total. The van der Waals surface area contributed by atoms with Gasteiger partial charge in [0.2, 0.25) is 0 Å². The summed E-state index contributed by atoms with van der Waals surface area (Å²) < 4.78 is 12.1. The fraction of sp³-hybridized carbons (Fsp3) is 0.150. The molecule has 0 unspecified atom stereocenters. The molecular formula is C20H19N3O3. The van der Waals surface area contributed by atoms with Crippen molar-refractivity contribution in [1.82, 2.24) is 15.0 Å². The first-order valence-corrected chi connectivity index (χ1v) is 8.07. The molecule has 0 saturated carbocycles. The van der Waals surface area contributed by atoms with Crippen LogP contribution in [0.25, 0.3) is 11.8 Å². The summed E-state index contributed by atoms with van der Waals surface area (Å²) in [6.45, 7) is 5.66. The monoisotopic (exact) mass is 349 g/mol. The maximum absolute atomic E-state index is 12.3. The van der Waals surface area contributed by atoms with Gasteiger partial charge in [0.1, 0.15) is 12.4 Å². The molecule has 6 heteroatoms. The summed E-state index contributed by atoms with van der Waals surface area (Å²) in [6, 6.07) is 15.0. The lowest BCUT2D eigenvalue weighted by atomic mass is 10.1. The van der Waals surface area contributed by atoms with Crippen LogP contribution in [0.1, 0.15) is 27.3 Å². The molecule has 0 fully saturated rings. The van der Waals surface area contributed by atoms with Crippen molar-refractivity contribution in [2.24, 2.45) is 0 Å². The summed E-state index contributed by atoms with van der Waals surface area (Å²) in [7, 11) is 1.61. The van der Waals surface area contributed by atoms with Gasteiger partial charge in [0.05, 0.1) is 18.5 Å². The Morgan fingerprint density at radius 2 is 1.85 bits per heavy atom. The van der Waals surface area contributed by atoms with Gasteiger partial charge >= 0.3 is 5.97 Å². The lowest BCUT2D eigenvalue weighted by molar-refractivity contribution is 0.0464. The van der Waals surface area contributed by atoms with Crippen LogP contribution >= 0.6 is 0 Å². The topological polar surface area (TPSA) is 66.2 Å². The van der Waals surface area contributed by atoms with Crippen LogP contribution in [0.5, 0.6) is 5.75 Å². The Morgan fingerprint density at radius 1 is 1.15 bits per heavy atom. The summed E-state index contributed by atoms with van der Waals surface area (Å²) in [4.78, 5) is 12.3. The Bertz CT molecular complexity index is 912. The first-order valence-electron chi connectivity index (χ1n) is 8.07. The summed E-state index contributed by atoms with van der Waals surface area (Å²) in [5, 5.41) is 8.02. The minimum atomic E-state index is -0.505. The normalized spacial score (nSPS) is 10.4. The van der Waals surface area contributed by atoms with Crippen molar-refractivity contribution < 1.29 is 14.3 Å². The minimum absolute atomic E-state index is 0.172. The van der Waals surface area contributed by atoms with Gasteiger partial charge < -0.3 is 9.47 Å². The molecule has 1 heterocycles. The van der Waals surface area contributed by atoms with Crippen molar-refractivity contribution >= 4 is 12.0 Å². The third kappa shape index (κ3) is 3.64. The van der Waals surface area contributed by atoms with Crippen LogP contribution in [0.4, 0.5) is 0 Å². The summed E-state index contributed by atoms with van der Waals surface area (Å²) in [5.41, 5.74) is 3.50. The number of rotatable bonds is 6. The molecule has 0 aliphatic rings. The number of carbonyl (C=O) groups is 1. The van der Waals surface area contributed by atoms with Crippen molar-refractivity contribution in [2.45, 2.75) is 13.5 Å². The molecule has 0 atom stereocenters. The molecular weight excluding hydrogens is 330 g/mol. The molecule has 3 rings (SSSR count). The largest absolute Gasteiger partial charge is 0.497 e. The maximum Gasteiger partial charge on any atom is 0.361 e. The van der Waals surface area contributed by atoms with Gasteiger partial charge in [-0.05, 0) is 42.3 Å². The summed E-state index contributed by atoms with van der Waals surface area (Å²) >= 11 is 0. The molecule has 1 aromatic heterocycles. The molecule has 3 aromatic rings. The van der Waals surface area contributed by atoms with Gasteiger partial charge in [0, 0.05) is 0 Å². The molecule has 0 amide bonds. The van der Waals surface area contributed by atoms with Gasteiger partial charge in [-0.1, -0.05) is 42.1 Å². The van der Waals surface area contributed by atoms with Gasteiger partial charge in [-0.2, -0.15) is 0 Å². The number of hydrogen-bond donors (Lipinski definition) is 0. The van der Waals surface area contributed by atoms with E-state index in [1.54, 1.807) is 24.8 Å². The standard InChI is InChI=1S/C20H19N3O3/c1-4-15-5-7-16(8-6-15)13-26-20(24)19-14(2)23(22-21-19)17-9-11-18(25-3)12-10-17/h4-12H,1,13H2,2-3H3. The van der Waals surface area contributed by atoms with E-state index in [4.69, 9.17) is 9.47 Å². The van der Waals surface area contributed by atoms with Crippen molar-refractivity contribution in [1.29, 1.82) is 0 Å². The number of ether oxygens (including phenoxy) is 2. The van der Waals surface area contributed by atoms with Crippen LogP contribution in [-0.2, 0) is 11.3 Å². The van der Waals surface area contributed by atoms with E-state index in [-0.39, 0.29) is 12.3 Å². The smallest absolute Gasteiger partial charge is 0.361 e. The molecule has 0 saturated heterocycles. The van der Waals surface area contributed by atoms with Crippen LogP contribution < -0.4 is 4.74 Å². The average molecular weight is 349 g/mol. The van der Waals surface area contributed by atoms with Crippen molar-refractivity contribution in [2.75, 3.05) is 7.11 Å². The number of aromatic nitrogens is 3. The Balaban J connectivity index is 1.71. The molecule has 132 valence electrons. The molecule has 2 aromatic carbocycles. The number of hydrogen-bond acceptors (Lipinski definition) is 5. The SMILES string of the molecule is C=Cc1ccc(COC(=O)c2nnn(-c3ccc(OC)cc3)c2C)cc1. The van der Waals surface area contributed by atoms with Gasteiger partial charge in [-0.3, -0.25) is 0 Å². The van der Waals surface area contributed by atoms with Crippen LogP contribution in [0, 0.1) is 6.92 Å². The van der Waals surface area contributed by atoms with Crippen molar-refractivity contribution in [3.8, 4) is 11.4 Å². The average Bonchev–Trinajstić information content (AvgIpc) is 3.08. The fourth-order valence-corrected chi connectivity index (χ4v) is 2.45. The van der Waals surface area contributed by atoms with E-state index in [1.807, 2.05) is 48.5 Å². The maximum atomic E-state index is 12.3. The second-order valence-corrected chi connectivity index (χ2v) is 5.66. The highest BCUT2D eigenvalue weighted by Gasteiger charge is 2.19. The Labute approximate surface area is 151 Å². The van der Waals surface area contributed by atoms with Crippen molar-refractivity contribution in [3.05, 3.63) is 77.6 Å². The first-order chi connectivity index (χ1) is 12.6. The van der Waals surface area contributed by atoms with E-state index < -0.39 is 5.97 Å². The highest BCUT2D eigenvalue weighted by atomic mass is 16.5. The van der Waals surface area contributed by atoms with Gasteiger partial charge in [-0.25, -0.2) is 9.48 Å². The number of methoxy groups -OCH3 is 1. The third-order valence-corrected chi connectivity index (χ3v) is 3.99. The molecule has 26 heavy (non-hydrogen) atoms. The fourth-order valence-electron chi connectivity index (χ4n) is 2.45. The molecule has 6 nitrogen and oxygen atoms in total. The van der Waals surface area contributed by atoms with Gasteiger partial charge in [0.15, 0.2) is 5.69 Å². The second-order valence-electron chi connectivity index (χ2n) is 5.66. The molecule has 0 bridgehead atoms. The van der Waals surface area contributed by atoms with Gasteiger partial charge in [0.25, 0.3) is 0 Å². The number of esters is 1. The zero-order valence-corrected chi connectivity index (χ0v) is 14.7. The van der Waals surface area contributed by atoms with E-state index >= 15 is 0 Å². The van der Waals surface area contributed by atoms with E-state index in [0.29, 0.717) is 5.69 Å². The highest BCUT2D eigenvalue weighted by molar-refractivity contribution is 5.88. The van der Waals surface area contributed by atoms with E-state index in [1.165, 1.54) is 0 Å². The van der Waals surface area contributed by atoms with Crippen LogP contribution in [-0.4, -0.2) is 28.1 Å². The Kier molecular flexibility index (Phi) is 5.12. The first kappa shape index (κ1) is 17.4. The van der Waals surface area contributed by atoms with Gasteiger partial charge in [-0.15, -0.1) is 5.10 Å².